The van der Waals surface area contributed by atoms with Gasteiger partial charge in [0.1, 0.15) is 0 Å². The summed E-state index contributed by atoms with van der Waals surface area (Å²) in [5.41, 5.74) is 1.07. The van der Waals surface area contributed by atoms with Gasteiger partial charge in [0.25, 0.3) is 0 Å². The molecule has 11 heavy (non-hydrogen) atoms. The largest absolute Gasteiger partial charge is 0.359 e. The van der Waals surface area contributed by atoms with Crippen molar-refractivity contribution < 1.29 is 4.79 Å². The lowest BCUT2D eigenvalue weighted by atomic mass is 10.2. The lowest BCUT2D eigenvalue weighted by molar-refractivity contribution is -0.119. The van der Waals surface area contributed by atoms with Crippen LogP contribution in [0.15, 0.2) is 23.8 Å². The first-order chi connectivity index (χ1) is 5.20. The second-order valence-corrected chi connectivity index (χ2v) is 2.39. The Balaban J connectivity index is 3.85. The molecule has 0 aromatic rings. The molecule has 2 heteroatoms. The van der Waals surface area contributed by atoms with Crippen LogP contribution in [0.2, 0.25) is 0 Å². The molecule has 0 aliphatic rings. The van der Waals surface area contributed by atoms with Crippen molar-refractivity contribution in [2.75, 3.05) is 7.05 Å². The standard InChI is InChI=1S/C9H15NO/c1-4-5-6-8(2)7-9(11)10-3/h4-6H,7H2,1-3H3,(H,10,11)/b5-4-,8-6+. The van der Waals surface area contributed by atoms with Crippen molar-refractivity contribution in [2.45, 2.75) is 20.3 Å². The Hall–Kier alpha value is -1.05. The van der Waals surface area contributed by atoms with E-state index < -0.39 is 0 Å². The lowest BCUT2D eigenvalue weighted by Gasteiger charge is -1.97. The van der Waals surface area contributed by atoms with E-state index in [0.717, 1.165) is 5.57 Å². The highest BCUT2D eigenvalue weighted by Gasteiger charge is 1.96. The molecule has 0 unspecified atom stereocenters. The highest BCUT2D eigenvalue weighted by Crippen LogP contribution is 1.98. The first-order valence-corrected chi connectivity index (χ1v) is 3.69. The smallest absolute Gasteiger partial charge is 0.223 e. The SMILES string of the molecule is C/C=C\C=C(/C)CC(=O)NC. The van der Waals surface area contributed by atoms with Crippen molar-refractivity contribution in [3.8, 4) is 0 Å². The van der Waals surface area contributed by atoms with E-state index in [0.29, 0.717) is 6.42 Å². The molecule has 0 spiro atoms. The van der Waals surface area contributed by atoms with Gasteiger partial charge in [0.2, 0.25) is 5.91 Å². The van der Waals surface area contributed by atoms with Crippen LogP contribution in [0.1, 0.15) is 20.3 Å². The van der Waals surface area contributed by atoms with E-state index in [1.165, 1.54) is 0 Å². The molecule has 0 bridgehead atoms. The Morgan fingerprint density at radius 1 is 1.55 bits per heavy atom. The maximum Gasteiger partial charge on any atom is 0.223 e. The summed E-state index contributed by atoms with van der Waals surface area (Å²) in [6, 6.07) is 0. The van der Waals surface area contributed by atoms with E-state index in [4.69, 9.17) is 0 Å². The molecule has 0 atom stereocenters. The normalized spacial score (nSPS) is 12.1. The maximum atomic E-state index is 10.8. The molecular weight excluding hydrogens is 138 g/mol. The third-order valence-electron chi connectivity index (χ3n) is 1.29. The highest BCUT2D eigenvalue weighted by molar-refractivity contribution is 5.78. The summed E-state index contributed by atoms with van der Waals surface area (Å²) in [4.78, 5) is 10.8. The van der Waals surface area contributed by atoms with Crippen LogP contribution in [-0.2, 0) is 4.79 Å². The van der Waals surface area contributed by atoms with Gasteiger partial charge in [-0.1, -0.05) is 23.8 Å². The van der Waals surface area contributed by atoms with Crippen LogP contribution in [0.25, 0.3) is 0 Å². The van der Waals surface area contributed by atoms with Crippen molar-refractivity contribution in [3.05, 3.63) is 23.8 Å². The Labute approximate surface area is 68.0 Å². The topological polar surface area (TPSA) is 29.1 Å². The summed E-state index contributed by atoms with van der Waals surface area (Å²) >= 11 is 0. The summed E-state index contributed by atoms with van der Waals surface area (Å²) < 4.78 is 0. The maximum absolute atomic E-state index is 10.8. The van der Waals surface area contributed by atoms with Crippen LogP contribution in [0.4, 0.5) is 0 Å². The average Bonchev–Trinajstić information content (AvgIpc) is 2.00. The Bertz CT molecular complexity index is 180. The number of rotatable bonds is 3. The van der Waals surface area contributed by atoms with Crippen molar-refractivity contribution in [3.63, 3.8) is 0 Å². The Kier molecular flexibility index (Phi) is 5.17. The van der Waals surface area contributed by atoms with Gasteiger partial charge in [-0.3, -0.25) is 4.79 Å². The third-order valence-corrected chi connectivity index (χ3v) is 1.29. The van der Waals surface area contributed by atoms with Crippen molar-refractivity contribution in [1.82, 2.24) is 5.32 Å². The van der Waals surface area contributed by atoms with Crippen LogP contribution in [0.5, 0.6) is 0 Å². The molecule has 62 valence electrons. The molecule has 0 aromatic carbocycles. The molecule has 0 aromatic heterocycles. The van der Waals surface area contributed by atoms with E-state index in [1.807, 2.05) is 32.1 Å². The quantitative estimate of drug-likeness (QED) is 0.614. The first kappa shape index (κ1) is 9.95. The van der Waals surface area contributed by atoms with E-state index in [2.05, 4.69) is 5.32 Å². The molecule has 0 saturated carbocycles. The van der Waals surface area contributed by atoms with E-state index in [1.54, 1.807) is 7.05 Å². The van der Waals surface area contributed by atoms with Crippen molar-refractivity contribution in [2.24, 2.45) is 0 Å². The van der Waals surface area contributed by atoms with Gasteiger partial charge in [-0.15, -0.1) is 0 Å². The van der Waals surface area contributed by atoms with E-state index >= 15 is 0 Å². The molecule has 2 nitrogen and oxygen atoms in total. The molecule has 0 radical (unpaired) electrons. The zero-order chi connectivity index (χ0) is 8.69. The highest BCUT2D eigenvalue weighted by atomic mass is 16.1. The predicted molar refractivity (Wildman–Crippen MR) is 47.3 cm³/mol. The van der Waals surface area contributed by atoms with Gasteiger partial charge in [0, 0.05) is 13.5 Å². The third kappa shape index (κ3) is 5.40. The number of hydrogen-bond donors (Lipinski definition) is 1. The summed E-state index contributed by atoms with van der Waals surface area (Å²) in [6.07, 6.45) is 6.29. The molecule has 0 heterocycles. The second-order valence-electron chi connectivity index (χ2n) is 2.39. The zero-order valence-electron chi connectivity index (χ0n) is 7.35. The van der Waals surface area contributed by atoms with Crippen LogP contribution in [0, 0.1) is 0 Å². The summed E-state index contributed by atoms with van der Waals surface area (Å²) in [5, 5.41) is 2.57. The molecule has 0 aliphatic heterocycles. The fraction of sp³-hybridized carbons (Fsp3) is 0.444. The lowest BCUT2D eigenvalue weighted by Crippen LogP contribution is -2.17. The fourth-order valence-electron chi connectivity index (χ4n) is 0.661. The number of allylic oxidation sites excluding steroid dienone is 3. The summed E-state index contributed by atoms with van der Waals surface area (Å²) in [7, 11) is 1.64. The number of carbonyl (C=O) groups is 1. The second kappa shape index (κ2) is 5.71. The molecule has 0 rings (SSSR count). The fourth-order valence-corrected chi connectivity index (χ4v) is 0.661. The Morgan fingerprint density at radius 2 is 2.18 bits per heavy atom. The van der Waals surface area contributed by atoms with Gasteiger partial charge in [0.05, 0.1) is 0 Å². The van der Waals surface area contributed by atoms with E-state index in [9.17, 15) is 4.79 Å². The van der Waals surface area contributed by atoms with Gasteiger partial charge < -0.3 is 5.32 Å². The minimum Gasteiger partial charge on any atom is -0.359 e. The summed E-state index contributed by atoms with van der Waals surface area (Å²) in [5.74, 6) is 0.0586. The van der Waals surface area contributed by atoms with Gasteiger partial charge in [0.15, 0.2) is 0 Å². The van der Waals surface area contributed by atoms with Gasteiger partial charge in [-0.05, 0) is 13.8 Å². The predicted octanol–water partition coefficient (Wildman–Crippen LogP) is 1.64. The van der Waals surface area contributed by atoms with E-state index in [-0.39, 0.29) is 5.91 Å². The first-order valence-electron chi connectivity index (χ1n) is 3.69. The van der Waals surface area contributed by atoms with Gasteiger partial charge in [-0.2, -0.15) is 0 Å². The minimum atomic E-state index is 0.0586. The molecule has 0 fully saturated rings. The van der Waals surface area contributed by atoms with Crippen molar-refractivity contribution in [1.29, 1.82) is 0 Å². The zero-order valence-corrected chi connectivity index (χ0v) is 7.35. The minimum absolute atomic E-state index is 0.0586. The monoisotopic (exact) mass is 153 g/mol. The number of amides is 1. The van der Waals surface area contributed by atoms with Crippen LogP contribution < -0.4 is 5.32 Å². The average molecular weight is 153 g/mol. The number of carbonyl (C=O) groups excluding carboxylic acids is 1. The van der Waals surface area contributed by atoms with Crippen LogP contribution in [0.3, 0.4) is 0 Å². The number of nitrogens with one attached hydrogen (secondary N) is 1. The molecular formula is C9H15NO. The molecule has 1 N–H and O–H groups in total. The van der Waals surface area contributed by atoms with Crippen molar-refractivity contribution >= 4 is 5.91 Å². The number of hydrogen-bond acceptors (Lipinski definition) is 1. The molecule has 0 saturated heterocycles. The Morgan fingerprint density at radius 3 is 2.64 bits per heavy atom. The van der Waals surface area contributed by atoms with Gasteiger partial charge in [-0.25, -0.2) is 0 Å². The molecule has 1 amide bonds. The summed E-state index contributed by atoms with van der Waals surface area (Å²) in [6.45, 7) is 3.89. The van der Waals surface area contributed by atoms with Gasteiger partial charge >= 0.3 is 0 Å². The molecule has 0 aliphatic carbocycles. The van der Waals surface area contributed by atoms with Crippen LogP contribution >= 0.6 is 0 Å². The van der Waals surface area contributed by atoms with Crippen LogP contribution in [-0.4, -0.2) is 13.0 Å².